The Labute approximate surface area is 136 Å². The Morgan fingerprint density at radius 3 is 1.83 bits per heavy atom. The quantitative estimate of drug-likeness (QED) is 0.731. The summed E-state index contributed by atoms with van der Waals surface area (Å²) in [4.78, 5) is 23.6. The molecule has 0 aliphatic rings. The van der Waals surface area contributed by atoms with E-state index in [1.807, 2.05) is 19.1 Å². The highest BCUT2D eigenvalue weighted by molar-refractivity contribution is 5.89. The van der Waals surface area contributed by atoms with Crippen molar-refractivity contribution < 1.29 is 19.1 Å². The summed E-state index contributed by atoms with van der Waals surface area (Å²) in [6.45, 7) is 2.56. The second-order valence-corrected chi connectivity index (χ2v) is 5.36. The van der Waals surface area contributed by atoms with Crippen molar-refractivity contribution in [1.29, 1.82) is 0 Å². The highest BCUT2D eigenvalue weighted by Crippen LogP contribution is 2.08. The first-order valence-corrected chi connectivity index (χ1v) is 7.61. The minimum Gasteiger partial charge on any atom is -0.462 e. The molecule has 2 rings (SSSR count). The van der Waals surface area contributed by atoms with Crippen molar-refractivity contribution in [2.45, 2.75) is 13.3 Å². The molecule has 0 saturated heterocycles. The molecular weight excluding hydrogens is 292 g/mol. The molecule has 120 valence electrons. The first-order valence-electron chi connectivity index (χ1n) is 7.61. The molecule has 0 amide bonds. The van der Waals surface area contributed by atoms with Gasteiger partial charge >= 0.3 is 11.9 Å². The van der Waals surface area contributed by atoms with Gasteiger partial charge in [-0.25, -0.2) is 9.59 Å². The Morgan fingerprint density at radius 2 is 1.30 bits per heavy atom. The van der Waals surface area contributed by atoms with Crippen LogP contribution in [0.3, 0.4) is 0 Å². The maximum Gasteiger partial charge on any atom is 0.338 e. The van der Waals surface area contributed by atoms with Gasteiger partial charge in [-0.15, -0.1) is 0 Å². The topological polar surface area (TPSA) is 52.6 Å². The van der Waals surface area contributed by atoms with Crippen LogP contribution in [0.4, 0.5) is 0 Å². The molecule has 2 aromatic rings. The molecule has 0 saturated carbocycles. The lowest BCUT2D eigenvalue weighted by Crippen LogP contribution is -2.15. The molecule has 0 spiro atoms. The Kier molecular flexibility index (Phi) is 6.36. The Balaban J connectivity index is 1.66. The van der Waals surface area contributed by atoms with Crippen LogP contribution in [0.5, 0.6) is 0 Å². The van der Waals surface area contributed by atoms with Crippen LogP contribution in [0.25, 0.3) is 0 Å². The van der Waals surface area contributed by atoms with E-state index in [0.717, 1.165) is 0 Å². The van der Waals surface area contributed by atoms with Crippen LogP contribution < -0.4 is 0 Å². The largest absolute Gasteiger partial charge is 0.462 e. The monoisotopic (exact) mass is 312 g/mol. The number of esters is 2. The molecule has 2 aromatic carbocycles. The fourth-order valence-electron chi connectivity index (χ4n) is 1.97. The van der Waals surface area contributed by atoms with E-state index >= 15 is 0 Å². The van der Waals surface area contributed by atoms with E-state index in [1.54, 1.807) is 48.5 Å². The fraction of sp³-hybridized carbons (Fsp3) is 0.263. The normalized spacial score (nSPS) is 11.5. The summed E-state index contributed by atoms with van der Waals surface area (Å²) in [5, 5.41) is 0. The number of hydrogen-bond acceptors (Lipinski definition) is 4. The van der Waals surface area contributed by atoms with Gasteiger partial charge in [0.15, 0.2) is 0 Å². The van der Waals surface area contributed by atoms with Crippen molar-refractivity contribution >= 4 is 11.9 Å². The number of carbonyl (C=O) groups excluding carboxylic acids is 2. The Morgan fingerprint density at radius 1 is 0.826 bits per heavy atom. The van der Waals surface area contributed by atoms with Crippen molar-refractivity contribution in [3.05, 3.63) is 71.8 Å². The molecule has 4 nitrogen and oxygen atoms in total. The lowest BCUT2D eigenvalue weighted by molar-refractivity contribution is 0.0367. The van der Waals surface area contributed by atoms with E-state index in [-0.39, 0.29) is 17.9 Å². The van der Waals surface area contributed by atoms with E-state index < -0.39 is 0 Å². The predicted molar refractivity (Wildman–Crippen MR) is 87.2 cm³/mol. The molecule has 0 aliphatic heterocycles. The van der Waals surface area contributed by atoms with Gasteiger partial charge in [0.25, 0.3) is 0 Å². The van der Waals surface area contributed by atoms with Gasteiger partial charge < -0.3 is 9.47 Å². The summed E-state index contributed by atoms with van der Waals surface area (Å²) >= 11 is 0. The second kappa shape index (κ2) is 8.73. The summed E-state index contributed by atoms with van der Waals surface area (Å²) in [5.74, 6) is -0.552. The molecule has 0 bridgehead atoms. The zero-order valence-electron chi connectivity index (χ0n) is 13.1. The number of ether oxygens (including phenoxy) is 2. The minimum atomic E-state index is -0.335. The summed E-state index contributed by atoms with van der Waals surface area (Å²) in [6.07, 6.45) is 0.640. The highest BCUT2D eigenvalue weighted by Gasteiger charge is 2.11. The molecule has 0 aliphatic carbocycles. The van der Waals surface area contributed by atoms with E-state index in [9.17, 15) is 9.59 Å². The summed E-state index contributed by atoms with van der Waals surface area (Å²) in [7, 11) is 0. The van der Waals surface area contributed by atoms with Crippen LogP contribution in [0.15, 0.2) is 60.7 Å². The summed E-state index contributed by atoms with van der Waals surface area (Å²) in [5.41, 5.74) is 1.07. The van der Waals surface area contributed by atoms with Gasteiger partial charge in [0.1, 0.15) is 0 Å². The maximum atomic E-state index is 11.8. The van der Waals surface area contributed by atoms with Crippen molar-refractivity contribution in [2.75, 3.05) is 13.2 Å². The van der Waals surface area contributed by atoms with Crippen molar-refractivity contribution in [1.82, 2.24) is 0 Å². The lowest BCUT2D eigenvalue weighted by Gasteiger charge is -2.12. The van der Waals surface area contributed by atoms with Crippen LogP contribution in [-0.2, 0) is 9.47 Å². The maximum absolute atomic E-state index is 11.8. The molecule has 1 unspecified atom stereocenters. The van der Waals surface area contributed by atoms with Gasteiger partial charge in [0.05, 0.1) is 24.3 Å². The average Bonchev–Trinajstić information content (AvgIpc) is 2.61. The third-order valence-corrected chi connectivity index (χ3v) is 3.36. The van der Waals surface area contributed by atoms with Crippen LogP contribution in [0, 0.1) is 5.92 Å². The van der Waals surface area contributed by atoms with Gasteiger partial charge in [0.2, 0.25) is 0 Å². The number of carbonyl (C=O) groups is 2. The number of rotatable bonds is 7. The minimum absolute atomic E-state index is 0.117. The molecule has 0 fully saturated rings. The van der Waals surface area contributed by atoms with E-state index in [1.165, 1.54) is 0 Å². The number of hydrogen-bond donors (Lipinski definition) is 0. The van der Waals surface area contributed by atoms with Crippen molar-refractivity contribution in [3.63, 3.8) is 0 Å². The first-order chi connectivity index (χ1) is 11.2. The van der Waals surface area contributed by atoms with E-state index in [2.05, 4.69) is 0 Å². The molecule has 0 radical (unpaired) electrons. The van der Waals surface area contributed by atoms with Crippen molar-refractivity contribution in [3.8, 4) is 0 Å². The molecule has 23 heavy (non-hydrogen) atoms. The Bertz CT molecular complexity index is 622. The zero-order valence-corrected chi connectivity index (χ0v) is 13.1. The lowest BCUT2D eigenvalue weighted by atomic mass is 10.1. The van der Waals surface area contributed by atoms with Crippen molar-refractivity contribution in [2.24, 2.45) is 5.92 Å². The van der Waals surface area contributed by atoms with Crippen LogP contribution >= 0.6 is 0 Å². The van der Waals surface area contributed by atoms with Crippen LogP contribution in [0.1, 0.15) is 34.1 Å². The SMILES string of the molecule is CC(CCOC(=O)c1ccccc1)COC(=O)c1ccccc1. The zero-order chi connectivity index (χ0) is 16.5. The fourth-order valence-corrected chi connectivity index (χ4v) is 1.97. The van der Waals surface area contributed by atoms with E-state index in [4.69, 9.17) is 9.47 Å². The number of benzene rings is 2. The molecular formula is C19H20O4. The van der Waals surface area contributed by atoms with Gasteiger partial charge in [0, 0.05) is 0 Å². The van der Waals surface area contributed by atoms with E-state index in [0.29, 0.717) is 30.8 Å². The van der Waals surface area contributed by atoms with Gasteiger partial charge in [-0.1, -0.05) is 43.3 Å². The second-order valence-electron chi connectivity index (χ2n) is 5.36. The molecule has 1 atom stereocenters. The third-order valence-electron chi connectivity index (χ3n) is 3.36. The van der Waals surface area contributed by atoms with Gasteiger partial charge in [-0.3, -0.25) is 0 Å². The molecule has 0 N–H and O–H groups in total. The predicted octanol–water partition coefficient (Wildman–Crippen LogP) is 3.73. The Hall–Kier alpha value is -2.62. The highest BCUT2D eigenvalue weighted by atomic mass is 16.5. The average molecular weight is 312 g/mol. The van der Waals surface area contributed by atoms with Gasteiger partial charge in [-0.2, -0.15) is 0 Å². The standard InChI is InChI=1S/C19H20O4/c1-15(14-23-19(21)17-10-6-3-7-11-17)12-13-22-18(20)16-8-4-2-5-9-16/h2-11,15H,12-14H2,1H3. The van der Waals surface area contributed by atoms with Gasteiger partial charge in [-0.05, 0) is 36.6 Å². The third kappa shape index (κ3) is 5.58. The summed E-state index contributed by atoms with van der Waals surface area (Å²) in [6, 6.07) is 17.7. The molecule has 0 aromatic heterocycles. The van der Waals surface area contributed by atoms with Crippen LogP contribution in [-0.4, -0.2) is 25.2 Å². The first kappa shape index (κ1) is 16.7. The summed E-state index contributed by atoms with van der Waals surface area (Å²) < 4.78 is 10.5. The smallest absolute Gasteiger partial charge is 0.338 e. The molecule has 0 heterocycles. The molecule has 4 heteroatoms. The van der Waals surface area contributed by atoms with Crippen LogP contribution in [0.2, 0.25) is 0 Å².